The zero-order valence-electron chi connectivity index (χ0n) is 18.8. The summed E-state index contributed by atoms with van der Waals surface area (Å²) >= 11 is 3.35. The molecule has 10 heteroatoms. The number of anilines is 2. The number of carbonyl (C=O) groups is 1. The monoisotopic (exact) mass is 542 g/mol. The second-order valence-electron chi connectivity index (χ2n) is 7.95. The van der Waals surface area contributed by atoms with Crippen molar-refractivity contribution in [1.29, 1.82) is 0 Å². The standard InChI is InChI=1S/C24H23BrN4O4S/c1-16-4-11-20(12-5-16)34(32,33)29(19-9-6-17(25)7-10-19)15-23(30)26-18-8-13-21-22(14-18)28(3)24(31)27(21)2/h4-14H,15H2,1-3H3,(H,26,30). The number of rotatable bonds is 6. The van der Waals surface area contributed by atoms with Gasteiger partial charge in [0.15, 0.2) is 0 Å². The molecule has 0 radical (unpaired) electrons. The van der Waals surface area contributed by atoms with Gasteiger partial charge in [0.05, 0.1) is 21.6 Å². The third-order valence-corrected chi connectivity index (χ3v) is 7.88. The van der Waals surface area contributed by atoms with Gasteiger partial charge < -0.3 is 5.32 Å². The molecule has 1 amide bonds. The van der Waals surface area contributed by atoms with Gasteiger partial charge in [-0.1, -0.05) is 33.6 Å². The molecule has 0 atom stereocenters. The van der Waals surface area contributed by atoms with Crippen molar-refractivity contribution < 1.29 is 13.2 Å². The quantitative estimate of drug-likeness (QED) is 0.401. The molecule has 0 spiro atoms. The Labute approximate surface area is 205 Å². The molecule has 1 N–H and O–H groups in total. The summed E-state index contributed by atoms with van der Waals surface area (Å²) in [6.45, 7) is 1.44. The van der Waals surface area contributed by atoms with E-state index < -0.39 is 22.5 Å². The summed E-state index contributed by atoms with van der Waals surface area (Å²) in [7, 11) is -0.678. The van der Waals surface area contributed by atoms with E-state index in [2.05, 4.69) is 21.2 Å². The molecule has 3 aromatic carbocycles. The summed E-state index contributed by atoms with van der Waals surface area (Å²) in [5.74, 6) is -0.515. The fourth-order valence-electron chi connectivity index (χ4n) is 3.68. The minimum Gasteiger partial charge on any atom is -0.324 e. The summed E-state index contributed by atoms with van der Waals surface area (Å²) in [5, 5.41) is 2.76. The minimum atomic E-state index is -4.01. The van der Waals surface area contributed by atoms with Crippen molar-refractivity contribution in [3.63, 3.8) is 0 Å². The van der Waals surface area contributed by atoms with Gasteiger partial charge in [-0.2, -0.15) is 0 Å². The van der Waals surface area contributed by atoms with Crippen LogP contribution in [0.25, 0.3) is 11.0 Å². The predicted octanol–water partition coefficient (Wildman–Crippen LogP) is 3.78. The van der Waals surface area contributed by atoms with Crippen LogP contribution in [0.15, 0.2) is 80.9 Å². The Hall–Kier alpha value is -3.37. The molecule has 176 valence electrons. The Morgan fingerprint density at radius 3 is 2.21 bits per heavy atom. The molecule has 0 saturated carbocycles. The van der Waals surface area contributed by atoms with Crippen molar-refractivity contribution in [3.8, 4) is 0 Å². The minimum absolute atomic E-state index is 0.0922. The third-order valence-electron chi connectivity index (χ3n) is 5.57. The van der Waals surface area contributed by atoms with Gasteiger partial charge in [-0.05, 0) is 61.5 Å². The highest BCUT2D eigenvalue weighted by Gasteiger charge is 2.27. The first-order valence-corrected chi connectivity index (χ1v) is 12.6. The van der Waals surface area contributed by atoms with Crippen LogP contribution in [0.2, 0.25) is 0 Å². The van der Waals surface area contributed by atoms with E-state index in [-0.39, 0.29) is 10.6 Å². The summed E-state index contributed by atoms with van der Waals surface area (Å²) in [6.07, 6.45) is 0. The number of nitrogens with zero attached hydrogens (tertiary/aromatic N) is 3. The molecular weight excluding hydrogens is 520 g/mol. The number of hydrogen-bond donors (Lipinski definition) is 1. The van der Waals surface area contributed by atoms with E-state index in [1.807, 2.05) is 6.92 Å². The average Bonchev–Trinajstić information content (AvgIpc) is 3.02. The van der Waals surface area contributed by atoms with Gasteiger partial charge >= 0.3 is 5.69 Å². The van der Waals surface area contributed by atoms with Gasteiger partial charge in [0.25, 0.3) is 10.0 Å². The number of benzene rings is 3. The largest absolute Gasteiger partial charge is 0.328 e. The number of carbonyl (C=O) groups excluding carboxylic acids is 1. The van der Waals surface area contributed by atoms with Crippen LogP contribution in [0.1, 0.15) is 5.56 Å². The smallest absolute Gasteiger partial charge is 0.324 e. The lowest BCUT2D eigenvalue weighted by Gasteiger charge is -2.24. The van der Waals surface area contributed by atoms with E-state index in [1.54, 1.807) is 68.7 Å². The highest BCUT2D eigenvalue weighted by molar-refractivity contribution is 9.10. The highest BCUT2D eigenvalue weighted by Crippen LogP contribution is 2.26. The maximum atomic E-state index is 13.5. The molecule has 0 bridgehead atoms. The van der Waals surface area contributed by atoms with E-state index >= 15 is 0 Å². The van der Waals surface area contributed by atoms with E-state index in [0.29, 0.717) is 16.9 Å². The average molecular weight is 543 g/mol. The molecule has 8 nitrogen and oxygen atoms in total. The molecule has 0 aliphatic heterocycles. The zero-order valence-corrected chi connectivity index (χ0v) is 21.2. The molecule has 0 aliphatic rings. The van der Waals surface area contributed by atoms with E-state index in [0.717, 1.165) is 19.9 Å². The Bertz CT molecular complexity index is 1540. The van der Waals surface area contributed by atoms with E-state index in [1.165, 1.54) is 21.3 Å². The Morgan fingerprint density at radius 2 is 1.56 bits per heavy atom. The third kappa shape index (κ3) is 4.51. The van der Waals surface area contributed by atoms with Gasteiger partial charge in [-0.25, -0.2) is 13.2 Å². The van der Waals surface area contributed by atoms with Crippen LogP contribution in [-0.4, -0.2) is 30.0 Å². The van der Waals surface area contributed by atoms with Crippen molar-refractivity contribution >= 4 is 54.3 Å². The van der Waals surface area contributed by atoms with Crippen molar-refractivity contribution in [2.24, 2.45) is 14.1 Å². The fraction of sp³-hybridized carbons (Fsp3) is 0.167. The lowest BCUT2D eigenvalue weighted by Crippen LogP contribution is -2.38. The molecular formula is C24H23BrN4O4S. The summed E-state index contributed by atoms with van der Waals surface area (Å²) in [5.41, 5.74) is 2.95. The topological polar surface area (TPSA) is 93.4 Å². The number of imidazole rings is 1. The van der Waals surface area contributed by atoms with E-state index in [4.69, 9.17) is 0 Å². The van der Waals surface area contributed by atoms with Crippen LogP contribution < -0.4 is 15.3 Å². The molecule has 1 heterocycles. The molecule has 0 saturated heterocycles. The number of hydrogen-bond acceptors (Lipinski definition) is 4. The van der Waals surface area contributed by atoms with Gasteiger partial charge in [0, 0.05) is 24.3 Å². The number of halogens is 1. The van der Waals surface area contributed by atoms with E-state index in [9.17, 15) is 18.0 Å². The molecule has 0 aliphatic carbocycles. The van der Waals surface area contributed by atoms with Gasteiger partial charge in [0.1, 0.15) is 6.54 Å². The lowest BCUT2D eigenvalue weighted by molar-refractivity contribution is -0.114. The molecule has 0 unspecified atom stereocenters. The molecule has 4 aromatic rings. The summed E-state index contributed by atoms with van der Waals surface area (Å²) < 4.78 is 31.8. The number of fused-ring (bicyclic) bond motifs is 1. The Balaban J connectivity index is 1.66. The molecule has 34 heavy (non-hydrogen) atoms. The van der Waals surface area contributed by atoms with Crippen LogP contribution in [-0.2, 0) is 28.9 Å². The second kappa shape index (κ2) is 9.11. The number of nitrogens with one attached hydrogen (secondary N) is 1. The maximum absolute atomic E-state index is 13.5. The predicted molar refractivity (Wildman–Crippen MR) is 137 cm³/mol. The molecule has 4 rings (SSSR count). The first-order chi connectivity index (χ1) is 16.1. The number of sulfonamides is 1. The van der Waals surface area contributed by atoms with Crippen molar-refractivity contribution in [3.05, 3.63) is 87.3 Å². The fourth-order valence-corrected chi connectivity index (χ4v) is 5.36. The Kier molecular flexibility index (Phi) is 6.37. The first-order valence-electron chi connectivity index (χ1n) is 10.4. The van der Waals surface area contributed by atoms with Crippen LogP contribution in [0.4, 0.5) is 11.4 Å². The van der Waals surface area contributed by atoms with Crippen molar-refractivity contribution in [2.45, 2.75) is 11.8 Å². The van der Waals surface area contributed by atoms with Crippen LogP contribution in [0.5, 0.6) is 0 Å². The SMILES string of the molecule is Cc1ccc(S(=O)(=O)N(CC(=O)Nc2ccc3c(c2)n(C)c(=O)n3C)c2ccc(Br)cc2)cc1. The normalized spacial score (nSPS) is 11.5. The van der Waals surface area contributed by atoms with Crippen LogP contribution >= 0.6 is 15.9 Å². The maximum Gasteiger partial charge on any atom is 0.328 e. The number of amides is 1. The summed E-state index contributed by atoms with van der Waals surface area (Å²) in [6, 6.07) is 18.3. The second-order valence-corrected chi connectivity index (χ2v) is 10.7. The van der Waals surface area contributed by atoms with Crippen molar-refractivity contribution in [1.82, 2.24) is 9.13 Å². The number of aromatic nitrogens is 2. The van der Waals surface area contributed by atoms with Crippen molar-refractivity contribution in [2.75, 3.05) is 16.2 Å². The van der Waals surface area contributed by atoms with Crippen LogP contribution in [0.3, 0.4) is 0 Å². The Morgan fingerprint density at radius 1 is 0.941 bits per heavy atom. The first kappa shape index (κ1) is 23.8. The lowest BCUT2D eigenvalue weighted by atomic mass is 10.2. The van der Waals surface area contributed by atoms with Gasteiger partial charge in [-0.15, -0.1) is 0 Å². The zero-order chi connectivity index (χ0) is 24.6. The van der Waals surface area contributed by atoms with Gasteiger partial charge in [-0.3, -0.25) is 18.2 Å². The molecule has 1 aromatic heterocycles. The summed E-state index contributed by atoms with van der Waals surface area (Å²) in [4.78, 5) is 25.3. The number of aryl methyl sites for hydroxylation is 3. The van der Waals surface area contributed by atoms with Gasteiger partial charge in [0.2, 0.25) is 5.91 Å². The van der Waals surface area contributed by atoms with Crippen LogP contribution in [0, 0.1) is 6.92 Å². The highest BCUT2D eigenvalue weighted by atomic mass is 79.9. The molecule has 0 fully saturated rings.